The first kappa shape index (κ1) is 26.1. The maximum absolute atomic E-state index is 13.1. The van der Waals surface area contributed by atoms with Gasteiger partial charge in [-0.25, -0.2) is 9.97 Å². The summed E-state index contributed by atoms with van der Waals surface area (Å²) >= 11 is 3.68. The number of piperazine rings is 1. The topological polar surface area (TPSA) is 98.1 Å². The summed E-state index contributed by atoms with van der Waals surface area (Å²) < 4.78 is 0.946. The fourth-order valence-corrected chi connectivity index (χ4v) is 4.95. The van der Waals surface area contributed by atoms with Crippen molar-refractivity contribution in [3.8, 4) is 0 Å². The van der Waals surface area contributed by atoms with Crippen LogP contribution in [0.2, 0.25) is 0 Å². The molecule has 0 aliphatic carbocycles. The second kappa shape index (κ2) is 11.9. The molecular formula is C28H31BrN8O. The van der Waals surface area contributed by atoms with Crippen LogP contribution in [0.5, 0.6) is 0 Å². The van der Waals surface area contributed by atoms with Gasteiger partial charge in [-0.15, -0.1) is 0 Å². The molecule has 1 saturated heterocycles. The van der Waals surface area contributed by atoms with Crippen molar-refractivity contribution in [1.82, 2.24) is 19.8 Å². The number of halogens is 1. The van der Waals surface area contributed by atoms with E-state index in [1.54, 1.807) is 18.6 Å². The van der Waals surface area contributed by atoms with Gasteiger partial charge in [-0.1, -0.05) is 28.1 Å². The van der Waals surface area contributed by atoms with E-state index in [4.69, 9.17) is 0 Å². The lowest BCUT2D eigenvalue weighted by atomic mass is 10.0. The van der Waals surface area contributed by atoms with E-state index in [0.717, 1.165) is 60.6 Å². The normalized spacial score (nSPS) is 17.9. The number of anilines is 3. The molecule has 196 valence electrons. The fraction of sp³-hybridized carbons (Fsp3) is 0.321. The van der Waals surface area contributed by atoms with E-state index in [9.17, 15) is 4.79 Å². The van der Waals surface area contributed by atoms with Crippen LogP contribution in [-0.2, 0) is 6.54 Å². The zero-order valence-corrected chi connectivity index (χ0v) is 23.1. The largest absolute Gasteiger partial charge is 0.324 e. The predicted octanol–water partition coefficient (Wildman–Crippen LogP) is 4.83. The minimum absolute atomic E-state index is 0.0787. The van der Waals surface area contributed by atoms with Gasteiger partial charge in [0.05, 0.1) is 5.69 Å². The Morgan fingerprint density at radius 3 is 2.68 bits per heavy atom. The van der Waals surface area contributed by atoms with Crippen molar-refractivity contribution in [3.63, 3.8) is 0 Å². The summed E-state index contributed by atoms with van der Waals surface area (Å²) in [4.78, 5) is 26.9. The molecule has 1 amide bonds. The van der Waals surface area contributed by atoms with E-state index in [-0.39, 0.29) is 11.8 Å². The van der Waals surface area contributed by atoms with Crippen LogP contribution in [0.25, 0.3) is 0 Å². The number of amides is 1. The lowest BCUT2D eigenvalue weighted by Gasteiger charge is -2.32. The van der Waals surface area contributed by atoms with Crippen molar-refractivity contribution in [2.45, 2.75) is 25.8 Å². The molecule has 1 fully saturated rings. The van der Waals surface area contributed by atoms with Crippen LogP contribution in [0.15, 0.2) is 63.3 Å². The maximum atomic E-state index is 13.1. The molecule has 3 heterocycles. The highest BCUT2D eigenvalue weighted by Gasteiger charge is 2.17. The molecule has 2 aliphatic rings. The van der Waals surface area contributed by atoms with Crippen LogP contribution in [0.1, 0.15) is 39.5 Å². The van der Waals surface area contributed by atoms with Gasteiger partial charge in [0.15, 0.2) is 0 Å². The lowest BCUT2D eigenvalue weighted by molar-refractivity contribution is 0.102. The van der Waals surface area contributed by atoms with Crippen LogP contribution >= 0.6 is 15.9 Å². The Kier molecular flexibility index (Phi) is 8.21. The van der Waals surface area contributed by atoms with Gasteiger partial charge in [-0.3, -0.25) is 9.69 Å². The molecule has 2 N–H and O–H groups in total. The minimum atomic E-state index is -0.164. The Hall–Kier alpha value is -3.47. The summed E-state index contributed by atoms with van der Waals surface area (Å²) in [6.07, 6.45) is 6.07. The quantitative estimate of drug-likeness (QED) is 0.419. The van der Waals surface area contributed by atoms with Gasteiger partial charge in [0.25, 0.3) is 5.91 Å². The molecule has 1 aromatic heterocycles. The number of aryl methyl sites for hydroxylation is 1. The second-order valence-electron chi connectivity index (χ2n) is 9.70. The molecule has 10 heteroatoms. The summed E-state index contributed by atoms with van der Waals surface area (Å²) in [5.74, 6) is 0.406. The number of carbonyl (C=O) groups is 1. The maximum Gasteiger partial charge on any atom is 0.255 e. The van der Waals surface area contributed by atoms with E-state index in [0.29, 0.717) is 17.2 Å². The van der Waals surface area contributed by atoms with Crippen LogP contribution < -0.4 is 10.6 Å². The van der Waals surface area contributed by atoms with E-state index in [2.05, 4.69) is 63.6 Å². The van der Waals surface area contributed by atoms with Crippen LogP contribution in [0.3, 0.4) is 0 Å². The van der Waals surface area contributed by atoms with Crippen molar-refractivity contribution in [3.05, 3.63) is 75.5 Å². The van der Waals surface area contributed by atoms with Crippen molar-refractivity contribution in [2.24, 2.45) is 10.2 Å². The zero-order valence-electron chi connectivity index (χ0n) is 21.6. The van der Waals surface area contributed by atoms with E-state index < -0.39 is 0 Å². The van der Waals surface area contributed by atoms with E-state index >= 15 is 0 Å². The third kappa shape index (κ3) is 6.50. The van der Waals surface area contributed by atoms with E-state index in [1.165, 1.54) is 5.56 Å². The van der Waals surface area contributed by atoms with Crippen molar-refractivity contribution >= 4 is 51.6 Å². The fourth-order valence-electron chi connectivity index (χ4n) is 4.45. The number of aromatic nitrogens is 2. The number of likely N-dealkylation sites (N-methyl/N-ethyl adjacent to an activating group) is 1. The third-order valence-electron chi connectivity index (χ3n) is 6.86. The Morgan fingerprint density at radius 2 is 1.92 bits per heavy atom. The van der Waals surface area contributed by atoms with Crippen LogP contribution in [-0.4, -0.2) is 71.3 Å². The van der Waals surface area contributed by atoms with Crippen molar-refractivity contribution in [2.75, 3.05) is 43.9 Å². The Morgan fingerprint density at radius 1 is 1.08 bits per heavy atom. The smallest absolute Gasteiger partial charge is 0.255 e. The van der Waals surface area contributed by atoms with Gasteiger partial charge in [0.2, 0.25) is 5.95 Å². The van der Waals surface area contributed by atoms with Gasteiger partial charge >= 0.3 is 0 Å². The van der Waals surface area contributed by atoms with Gasteiger partial charge < -0.3 is 15.5 Å². The Labute approximate surface area is 231 Å². The molecule has 38 heavy (non-hydrogen) atoms. The van der Waals surface area contributed by atoms with Gasteiger partial charge in [-0.05, 0) is 61.9 Å². The Bertz CT molecular complexity index is 1370. The van der Waals surface area contributed by atoms with E-state index in [1.807, 2.05) is 49.4 Å². The summed E-state index contributed by atoms with van der Waals surface area (Å²) in [6.45, 7) is 7.12. The number of benzene rings is 2. The summed E-state index contributed by atoms with van der Waals surface area (Å²) in [6, 6.07) is 13.5. The number of rotatable bonds is 7. The number of nitrogens with zero attached hydrogens (tertiary/aromatic N) is 6. The monoisotopic (exact) mass is 574 g/mol. The van der Waals surface area contributed by atoms with Crippen LogP contribution in [0, 0.1) is 6.92 Å². The highest BCUT2D eigenvalue weighted by Crippen LogP contribution is 2.26. The average molecular weight is 576 g/mol. The first-order valence-corrected chi connectivity index (χ1v) is 13.5. The minimum Gasteiger partial charge on any atom is -0.324 e. The third-order valence-corrected chi connectivity index (χ3v) is 7.60. The van der Waals surface area contributed by atoms with Crippen molar-refractivity contribution < 1.29 is 4.79 Å². The van der Waals surface area contributed by atoms with Gasteiger partial charge in [-0.2, -0.15) is 10.2 Å². The van der Waals surface area contributed by atoms with Crippen LogP contribution in [0.4, 0.5) is 17.3 Å². The molecule has 9 nitrogen and oxygen atoms in total. The van der Waals surface area contributed by atoms with Gasteiger partial charge in [0.1, 0.15) is 0 Å². The summed E-state index contributed by atoms with van der Waals surface area (Å²) in [7, 11) is 2.16. The SMILES string of the molecule is Cc1ccc(NC(=O)c2ccc(CN3CCN(C)CC3)c(Br)c2)cc1Nc1nccc(C2C=NN=CC2)n1. The number of carbonyl (C=O) groups excluding carboxylic acids is 1. The first-order valence-electron chi connectivity index (χ1n) is 12.7. The molecule has 5 rings (SSSR count). The highest BCUT2D eigenvalue weighted by atomic mass is 79.9. The standard InChI is InChI=1S/C28H31BrN8O/c1-19-3-6-23(16-26(19)35-28-30-9-8-25(34-28)21-7-10-31-32-17-21)33-27(38)20-4-5-22(24(29)15-20)18-37-13-11-36(2)12-14-37/h3-6,8-10,15-17,21H,7,11-14,18H2,1-2H3,(H,33,38)(H,30,34,35). The molecule has 0 radical (unpaired) electrons. The summed E-state index contributed by atoms with van der Waals surface area (Å²) in [5.41, 5.74) is 5.18. The lowest BCUT2D eigenvalue weighted by Crippen LogP contribution is -2.43. The molecule has 0 spiro atoms. The molecule has 3 aromatic rings. The number of nitrogens with one attached hydrogen (secondary N) is 2. The molecule has 1 unspecified atom stereocenters. The molecule has 0 bridgehead atoms. The molecule has 2 aliphatic heterocycles. The Balaban J connectivity index is 1.25. The zero-order chi connectivity index (χ0) is 26.5. The van der Waals surface area contributed by atoms with Crippen molar-refractivity contribution in [1.29, 1.82) is 0 Å². The number of hydrogen-bond donors (Lipinski definition) is 2. The molecular weight excluding hydrogens is 544 g/mol. The average Bonchev–Trinajstić information content (AvgIpc) is 2.93. The number of hydrogen-bond acceptors (Lipinski definition) is 8. The summed E-state index contributed by atoms with van der Waals surface area (Å²) in [5, 5.41) is 14.2. The molecule has 1 atom stereocenters. The highest BCUT2D eigenvalue weighted by molar-refractivity contribution is 9.10. The van der Waals surface area contributed by atoms with Gasteiger partial charge in [0, 0.05) is 78.7 Å². The second-order valence-corrected chi connectivity index (χ2v) is 10.6. The predicted molar refractivity (Wildman–Crippen MR) is 156 cm³/mol. The molecule has 0 saturated carbocycles. The molecule has 2 aromatic carbocycles. The first-order chi connectivity index (χ1) is 18.4.